The molecule has 1 saturated heterocycles. The number of likely N-dealkylation sites (tertiary alicyclic amines) is 1. The quantitative estimate of drug-likeness (QED) is 0.684. The van der Waals surface area contributed by atoms with E-state index in [4.69, 9.17) is 5.73 Å². The summed E-state index contributed by atoms with van der Waals surface area (Å²) in [5, 5.41) is 0. The summed E-state index contributed by atoms with van der Waals surface area (Å²) in [7, 11) is -3.69. The Labute approximate surface area is 137 Å². The Balaban J connectivity index is 2.09. The number of sulfonamides is 1. The van der Waals surface area contributed by atoms with Crippen molar-refractivity contribution in [3.8, 4) is 0 Å². The minimum absolute atomic E-state index is 0.0715. The number of carbonyl (C=O) groups is 1. The van der Waals surface area contributed by atoms with Gasteiger partial charge in [0, 0.05) is 31.9 Å². The van der Waals surface area contributed by atoms with E-state index >= 15 is 0 Å². The van der Waals surface area contributed by atoms with Gasteiger partial charge in [0.05, 0.1) is 0 Å². The second-order valence-electron chi connectivity index (χ2n) is 6.43. The monoisotopic (exact) mass is 342 g/mol. The van der Waals surface area contributed by atoms with Crippen LogP contribution in [0.1, 0.15) is 43.6 Å². The van der Waals surface area contributed by atoms with Gasteiger partial charge in [-0.05, 0) is 31.2 Å². The van der Waals surface area contributed by atoms with Crippen LogP contribution in [0.2, 0.25) is 0 Å². The topological polar surface area (TPSA) is 108 Å². The fourth-order valence-electron chi connectivity index (χ4n) is 2.79. The molecule has 1 atom stereocenters. The van der Waals surface area contributed by atoms with E-state index in [1.54, 1.807) is 4.90 Å². The number of H-pyrrole nitrogens is 1. The van der Waals surface area contributed by atoms with Gasteiger partial charge in [-0.2, -0.15) is 0 Å². The molecule has 0 aliphatic carbocycles. The molecule has 2 heterocycles. The normalized spacial score (nSPS) is 17.0. The number of nitrogens with two attached hydrogens (primary N) is 1. The van der Waals surface area contributed by atoms with Crippen LogP contribution in [0.15, 0.2) is 17.2 Å². The Morgan fingerprint density at radius 2 is 2.04 bits per heavy atom. The number of aromatic nitrogens is 1. The van der Waals surface area contributed by atoms with Gasteiger partial charge in [0.2, 0.25) is 10.0 Å². The summed E-state index contributed by atoms with van der Waals surface area (Å²) in [5.74, 6) is 0.186. The van der Waals surface area contributed by atoms with Crippen LogP contribution in [0.4, 0.5) is 0 Å². The number of amides is 1. The highest BCUT2D eigenvalue weighted by Gasteiger charge is 2.25. The second kappa shape index (κ2) is 7.46. The molecule has 23 heavy (non-hydrogen) atoms. The first-order chi connectivity index (χ1) is 10.8. The van der Waals surface area contributed by atoms with E-state index in [0.717, 1.165) is 25.9 Å². The van der Waals surface area contributed by atoms with Gasteiger partial charge in [0.15, 0.2) is 0 Å². The summed E-state index contributed by atoms with van der Waals surface area (Å²) in [6, 6.07) is 1.08. The van der Waals surface area contributed by atoms with E-state index in [1.165, 1.54) is 12.3 Å². The fourth-order valence-corrected chi connectivity index (χ4v) is 4.05. The van der Waals surface area contributed by atoms with Crippen LogP contribution in [-0.2, 0) is 10.0 Å². The summed E-state index contributed by atoms with van der Waals surface area (Å²) in [5.41, 5.74) is 5.95. The summed E-state index contributed by atoms with van der Waals surface area (Å²) in [6.45, 7) is 5.71. The lowest BCUT2D eigenvalue weighted by atomic mass is 10.1. The minimum atomic E-state index is -3.69. The lowest BCUT2D eigenvalue weighted by Crippen LogP contribution is -2.40. The molecular weight excluding hydrogens is 316 g/mol. The number of nitrogens with one attached hydrogen (secondary N) is 2. The predicted octanol–water partition coefficient (Wildman–Crippen LogP) is 0.902. The van der Waals surface area contributed by atoms with Crippen molar-refractivity contribution < 1.29 is 13.2 Å². The maximum absolute atomic E-state index is 12.4. The number of nitrogens with zero attached hydrogens (tertiary/aromatic N) is 1. The average Bonchev–Trinajstić information content (AvgIpc) is 3.16. The highest BCUT2D eigenvalue weighted by molar-refractivity contribution is 7.89. The third-order valence-corrected chi connectivity index (χ3v) is 5.45. The van der Waals surface area contributed by atoms with Crippen LogP contribution >= 0.6 is 0 Å². The molecule has 0 radical (unpaired) electrons. The van der Waals surface area contributed by atoms with E-state index in [0.29, 0.717) is 18.0 Å². The number of carbonyl (C=O) groups excluding carboxylic acids is 1. The van der Waals surface area contributed by atoms with Crippen LogP contribution in [0, 0.1) is 5.92 Å². The van der Waals surface area contributed by atoms with Crippen molar-refractivity contribution in [2.45, 2.75) is 44.0 Å². The molecule has 0 spiro atoms. The highest BCUT2D eigenvalue weighted by atomic mass is 32.2. The lowest BCUT2D eigenvalue weighted by molar-refractivity contribution is 0.0787. The smallest absolute Gasteiger partial charge is 0.270 e. The van der Waals surface area contributed by atoms with Gasteiger partial charge in [-0.25, -0.2) is 13.1 Å². The molecule has 0 saturated carbocycles. The molecule has 0 bridgehead atoms. The van der Waals surface area contributed by atoms with Crippen molar-refractivity contribution in [2.24, 2.45) is 11.7 Å². The van der Waals surface area contributed by atoms with Crippen LogP contribution in [0.25, 0.3) is 0 Å². The molecule has 130 valence electrons. The van der Waals surface area contributed by atoms with Crippen molar-refractivity contribution in [2.75, 3.05) is 19.6 Å². The van der Waals surface area contributed by atoms with Crippen LogP contribution in [0.5, 0.6) is 0 Å². The zero-order chi connectivity index (χ0) is 17.0. The first-order valence-corrected chi connectivity index (χ1v) is 9.52. The van der Waals surface area contributed by atoms with Gasteiger partial charge in [0.25, 0.3) is 5.91 Å². The lowest BCUT2D eigenvalue weighted by Gasteiger charge is -2.18. The molecule has 1 aromatic heterocycles. The molecule has 1 aliphatic rings. The SMILES string of the molecule is CC(C)CC(CN)NS(=O)(=O)c1c[nH]c(C(=O)N2CCCC2)c1. The summed E-state index contributed by atoms with van der Waals surface area (Å²) in [6.07, 6.45) is 4.01. The first kappa shape index (κ1) is 18.0. The molecule has 1 fully saturated rings. The van der Waals surface area contributed by atoms with Gasteiger partial charge in [-0.3, -0.25) is 4.79 Å². The van der Waals surface area contributed by atoms with Crippen LogP contribution in [-0.4, -0.2) is 49.9 Å². The van der Waals surface area contributed by atoms with Gasteiger partial charge >= 0.3 is 0 Å². The van der Waals surface area contributed by atoms with Crippen molar-refractivity contribution in [1.82, 2.24) is 14.6 Å². The average molecular weight is 342 g/mol. The standard InChI is InChI=1S/C15H26N4O3S/c1-11(2)7-12(9-16)18-23(21,22)13-8-14(17-10-13)15(20)19-5-3-4-6-19/h8,10-12,17-18H,3-7,9,16H2,1-2H3. The van der Waals surface area contributed by atoms with Crippen LogP contribution in [0.3, 0.4) is 0 Å². The number of aromatic amines is 1. The molecule has 1 unspecified atom stereocenters. The number of hydrogen-bond donors (Lipinski definition) is 3. The fraction of sp³-hybridized carbons (Fsp3) is 0.667. The maximum Gasteiger partial charge on any atom is 0.270 e. The van der Waals surface area contributed by atoms with E-state index in [-0.39, 0.29) is 23.4 Å². The minimum Gasteiger partial charge on any atom is -0.356 e. The molecular formula is C15H26N4O3S. The molecule has 1 amide bonds. The second-order valence-corrected chi connectivity index (χ2v) is 8.15. The summed E-state index contributed by atoms with van der Waals surface area (Å²) >= 11 is 0. The molecule has 0 aromatic carbocycles. The van der Waals surface area contributed by atoms with E-state index < -0.39 is 10.0 Å². The molecule has 7 nitrogen and oxygen atoms in total. The summed E-state index contributed by atoms with van der Waals surface area (Å²) in [4.78, 5) is 16.9. The molecule has 1 aromatic rings. The zero-order valence-corrected chi connectivity index (χ0v) is 14.5. The molecule has 1 aliphatic heterocycles. The Hall–Kier alpha value is -1.38. The first-order valence-electron chi connectivity index (χ1n) is 8.03. The molecule has 8 heteroatoms. The molecule has 4 N–H and O–H groups in total. The van der Waals surface area contributed by atoms with E-state index in [9.17, 15) is 13.2 Å². The third-order valence-electron chi connectivity index (χ3n) is 3.95. The number of hydrogen-bond acceptors (Lipinski definition) is 4. The Bertz CT molecular complexity index is 633. The zero-order valence-electron chi connectivity index (χ0n) is 13.7. The van der Waals surface area contributed by atoms with Crippen molar-refractivity contribution >= 4 is 15.9 Å². The highest BCUT2D eigenvalue weighted by Crippen LogP contribution is 2.17. The van der Waals surface area contributed by atoms with Gasteiger partial charge in [0.1, 0.15) is 10.6 Å². The van der Waals surface area contributed by atoms with Crippen molar-refractivity contribution in [1.29, 1.82) is 0 Å². The Morgan fingerprint density at radius 1 is 1.39 bits per heavy atom. The predicted molar refractivity (Wildman–Crippen MR) is 88.5 cm³/mol. The van der Waals surface area contributed by atoms with Crippen molar-refractivity contribution in [3.05, 3.63) is 18.0 Å². The van der Waals surface area contributed by atoms with Gasteiger partial charge in [-0.15, -0.1) is 0 Å². The summed E-state index contributed by atoms with van der Waals surface area (Å²) < 4.78 is 27.5. The van der Waals surface area contributed by atoms with Gasteiger partial charge < -0.3 is 15.6 Å². The largest absolute Gasteiger partial charge is 0.356 e. The molecule has 2 rings (SSSR count). The third kappa shape index (κ3) is 4.55. The van der Waals surface area contributed by atoms with Crippen LogP contribution < -0.4 is 10.5 Å². The Morgan fingerprint density at radius 3 is 2.61 bits per heavy atom. The van der Waals surface area contributed by atoms with E-state index in [1.807, 2.05) is 13.8 Å². The van der Waals surface area contributed by atoms with Crippen molar-refractivity contribution in [3.63, 3.8) is 0 Å². The van der Waals surface area contributed by atoms with E-state index in [2.05, 4.69) is 9.71 Å². The van der Waals surface area contributed by atoms with Gasteiger partial charge in [-0.1, -0.05) is 13.8 Å². The Kier molecular flexibility index (Phi) is 5.83. The number of rotatable bonds is 7. The maximum atomic E-state index is 12.4.